The molecule has 1 amide bonds. The SMILES string of the molecule is O=C(O)COc1cccc(/C=N\NC(=O)Cc2ccc(Br)cc2)c1. The van der Waals surface area contributed by atoms with Crippen molar-refractivity contribution in [2.45, 2.75) is 6.42 Å². The van der Waals surface area contributed by atoms with E-state index in [9.17, 15) is 9.59 Å². The summed E-state index contributed by atoms with van der Waals surface area (Å²) in [5, 5.41) is 12.5. The predicted molar refractivity (Wildman–Crippen MR) is 93.2 cm³/mol. The Morgan fingerprint density at radius 2 is 1.96 bits per heavy atom. The van der Waals surface area contributed by atoms with Gasteiger partial charge in [0.25, 0.3) is 0 Å². The molecule has 124 valence electrons. The van der Waals surface area contributed by atoms with Gasteiger partial charge >= 0.3 is 5.97 Å². The van der Waals surface area contributed by atoms with Gasteiger partial charge in [-0.15, -0.1) is 0 Å². The number of nitrogens with one attached hydrogen (secondary N) is 1. The van der Waals surface area contributed by atoms with E-state index in [1.807, 2.05) is 24.3 Å². The first-order valence-corrected chi connectivity index (χ1v) is 7.83. The molecule has 24 heavy (non-hydrogen) atoms. The fourth-order valence-corrected chi connectivity index (χ4v) is 2.10. The average molecular weight is 391 g/mol. The van der Waals surface area contributed by atoms with Gasteiger partial charge in [-0.05, 0) is 35.4 Å². The van der Waals surface area contributed by atoms with Crippen molar-refractivity contribution in [3.05, 3.63) is 64.1 Å². The summed E-state index contributed by atoms with van der Waals surface area (Å²) in [4.78, 5) is 22.3. The number of nitrogens with zero attached hydrogens (tertiary/aromatic N) is 1. The summed E-state index contributed by atoms with van der Waals surface area (Å²) in [6, 6.07) is 14.2. The number of rotatable bonds is 7. The molecule has 2 N–H and O–H groups in total. The fraction of sp³-hybridized carbons (Fsp3) is 0.118. The Morgan fingerprint density at radius 1 is 1.21 bits per heavy atom. The van der Waals surface area contributed by atoms with Crippen molar-refractivity contribution in [1.82, 2.24) is 5.43 Å². The first-order chi connectivity index (χ1) is 11.5. The van der Waals surface area contributed by atoms with E-state index in [1.165, 1.54) is 6.21 Å². The molecule has 0 radical (unpaired) electrons. The van der Waals surface area contributed by atoms with Crippen molar-refractivity contribution in [3.63, 3.8) is 0 Å². The van der Waals surface area contributed by atoms with E-state index in [1.54, 1.807) is 24.3 Å². The van der Waals surface area contributed by atoms with Gasteiger partial charge in [-0.3, -0.25) is 4.79 Å². The van der Waals surface area contributed by atoms with Gasteiger partial charge in [0.1, 0.15) is 5.75 Å². The summed E-state index contributed by atoms with van der Waals surface area (Å²) in [7, 11) is 0. The number of carbonyl (C=O) groups excluding carboxylic acids is 1. The Hall–Kier alpha value is -2.67. The zero-order valence-electron chi connectivity index (χ0n) is 12.6. The normalized spacial score (nSPS) is 10.5. The van der Waals surface area contributed by atoms with Crippen LogP contribution in [0, 0.1) is 0 Å². The molecule has 0 saturated carbocycles. The number of benzene rings is 2. The van der Waals surface area contributed by atoms with Crippen LogP contribution in [-0.4, -0.2) is 29.8 Å². The van der Waals surface area contributed by atoms with Crippen LogP contribution < -0.4 is 10.2 Å². The highest BCUT2D eigenvalue weighted by Crippen LogP contribution is 2.12. The number of amides is 1. The van der Waals surface area contributed by atoms with Gasteiger partial charge in [-0.25, -0.2) is 10.2 Å². The van der Waals surface area contributed by atoms with Crippen molar-refractivity contribution in [2.24, 2.45) is 5.10 Å². The molecule has 0 atom stereocenters. The number of ether oxygens (including phenoxy) is 1. The highest BCUT2D eigenvalue weighted by atomic mass is 79.9. The third kappa shape index (κ3) is 6.21. The molecule has 0 aromatic heterocycles. The van der Waals surface area contributed by atoms with E-state index in [-0.39, 0.29) is 12.3 Å². The first-order valence-electron chi connectivity index (χ1n) is 7.04. The summed E-state index contributed by atoms with van der Waals surface area (Å²) in [6.45, 7) is -0.412. The second-order valence-electron chi connectivity index (χ2n) is 4.85. The molecule has 0 aliphatic heterocycles. The Balaban J connectivity index is 1.86. The quantitative estimate of drug-likeness (QED) is 0.561. The van der Waals surface area contributed by atoms with Crippen molar-refractivity contribution in [2.75, 3.05) is 6.61 Å². The van der Waals surface area contributed by atoms with E-state index >= 15 is 0 Å². The molecule has 7 heteroatoms. The van der Waals surface area contributed by atoms with E-state index in [4.69, 9.17) is 9.84 Å². The van der Waals surface area contributed by atoms with Crippen LogP contribution in [0.15, 0.2) is 58.1 Å². The van der Waals surface area contributed by atoms with E-state index in [0.717, 1.165) is 10.0 Å². The van der Waals surface area contributed by atoms with Crippen molar-refractivity contribution >= 4 is 34.0 Å². The minimum Gasteiger partial charge on any atom is -0.482 e. The van der Waals surface area contributed by atoms with Crippen LogP contribution in [0.3, 0.4) is 0 Å². The van der Waals surface area contributed by atoms with Crippen molar-refractivity contribution in [3.8, 4) is 5.75 Å². The summed E-state index contributed by atoms with van der Waals surface area (Å²) in [6.07, 6.45) is 1.69. The van der Waals surface area contributed by atoms with Crippen molar-refractivity contribution in [1.29, 1.82) is 0 Å². The lowest BCUT2D eigenvalue weighted by molar-refractivity contribution is -0.139. The summed E-state index contributed by atoms with van der Waals surface area (Å²) in [5.41, 5.74) is 4.01. The van der Waals surface area contributed by atoms with Crippen LogP contribution in [-0.2, 0) is 16.0 Å². The van der Waals surface area contributed by atoms with Gasteiger partial charge < -0.3 is 9.84 Å². The lowest BCUT2D eigenvalue weighted by Gasteiger charge is -2.03. The molecule has 0 unspecified atom stereocenters. The zero-order chi connectivity index (χ0) is 17.4. The van der Waals surface area contributed by atoms with Crippen LogP contribution in [0.4, 0.5) is 0 Å². The Labute approximate surface area is 147 Å². The number of carbonyl (C=O) groups is 2. The smallest absolute Gasteiger partial charge is 0.341 e. The van der Waals surface area contributed by atoms with Crippen LogP contribution in [0.1, 0.15) is 11.1 Å². The molecule has 0 saturated heterocycles. The molecule has 0 aliphatic rings. The molecule has 0 bridgehead atoms. The highest BCUT2D eigenvalue weighted by molar-refractivity contribution is 9.10. The van der Waals surface area contributed by atoms with Gasteiger partial charge in [0.15, 0.2) is 6.61 Å². The first kappa shape index (κ1) is 17.7. The second-order valence-corrected chi connectivity index (χ2v) is 5.77. The molecule has 2 aromatic rings. The van der Waals surface area contributed by atoms with Crippen LogP contribution in [0.25, 0.3) is 0 Å². The fourth-order valence-electron chi connectivity index (χ4n) is 1.84. The number of aliphatic carboxylic acids is 1. The summed E-state index contributed by atoms with van der Waals surface area (Å²) >= 11 is 3.34. The molecule has 0 heterocycles. The Morgan fingerprint density at radius 3 is 2.67 bits per heavy atom. The number of hydrogen-bond acceptors (Lipinski definition) is 4. The van der Waals surface area contributed by atoms with Crippen LogP contribution in [0.2, 0.25) is 0 Å². The van der Waals surface area contributed by atoms with E-state index < -0.39 is 12.6 Å². The second kappa shape index (κ2) is 8.83. The maximum atomic E-state index is 11.8. The maximum absolute atomic E-state index is 11.8. The number of halogens is 1. The van der Waals surface area contributed by atoms with E-state index in [0.29, 0.717) is 11.3 Å². The molecule has 0 spiro atoms. The Kier molecular flexibility index (Phi) is 6.51. The number of carboxylic acids is 1. The predicted octanol–water partition coefficient (Wildman–Crippen LogP) is 2.61. The average Bonchev–Trinajstić information content (AvgIpc) is 2.55. The largest absolute Gasteiger partial charge is 0.482 e. The molecular formula is C17H15BrN2O4. The third-order valence-corrected chi connectivity index (χ3v) is 3.43. The molecule has 0 aliphatic carbocycles. The molecule has 2 aromatic carbocycles. The number of carboxylic acid groups (broad SMARTS) is 1. The summed E-state index contributed by atoms with van der Waals surface area (Å²) in [5.74, 6) is -0.858. The minimum atomic E-state index is -1.05. The molecule has 2 rings (SSSR count). The van der Waals surface area contributed by atoms with Crippen molar-refractivity contribution < 1.29 is 19.4 Å². The number of hydrazone groups is 1. The lowest BCUT2D eigenvalue weighted by Crippen LogP contribution is -2.19. The van der Waals surface area contributed by atoms with Crippen LogP contribution >= 0.6 is 15.9 Å². The van der Waals surface area contributed by atoms with E-state index in [2.05, 4.69) is 26.5 Å². The minimum absolute atomic E-state index is 0.229. The van der Waals surface area contributed by atoms with Gasteiger partial charge in [-0.2, -0.15) is 5.10 Å². The van der Waals surface area contributed by atoms with Gasteiger partial charge in [0.2, 0.25) is 5.91 Å². The third-order valence-electron chi connectivity index (χ3n) is 2.90. The highest BCUT2D eigenvalue weighted by Gasteiger charge is 2.02. The van der Waals surface area contributed by atoms with Gasteiger partial charge in [0.05, 0.1) is 12.6 Å². The van der Waals surface area contributed by atoms with Gasteiger partial charge in [-0.1, -0.05) is 40.2 Å². The summed E-state index contributed by atoms with van der Waals surface area (Å²) < 4.78 is 6.03. The van der Waals surface area contributed by atoms with Crippen LogP contribution in [0.5, 0.6) is 5.75 Å². The topological polar surface area (TPSA) is 88.0 Å². The molecule has 0 fully saturated rings. The monoisotopic (exact) mass is 390 g/mol. The molecule has 6 nitrogen and oxygen atoms in total. The lowest BCUT2D eigenvalue weighted by atomic mass is 10.1. The van der Waals surface area contributed by atoms with Gasteiger partial charge in [0, 0.05) is 4.47 Å². The maximum Gasteiger partial charge on any atom is 0.341 e. The molecular weight excluding hydrogens is 376 g/mol. The zero-order valence-corrected chi connectivity index (χ0v) is 14.2. The number of hydrogen-bond donors (Lipinski definition) is 2. The Bertz CT molecular complexity index is 745. The standard InChI is InChI=1S/C17H15BrN2O4/c18-14-6-4-12(5-7-14)9-16(21)20-19-10-13-2-1-3-15(8-13)24-11-17(22)23/h1-8,10H,9,11H2,(H,20,21)(H,22,23)/b19-10-.